The molecule has 0 heterocycles. The first-order chi connectivity index (χ1) is 12.9. The number of benzene rings is 2. The normalized spacial score (nSPS) is 10.5. The Morgan fingerprint density at radius 2 is 1.81 bits per heavy atom. The third-order valence-corrected chi connectivity index (χ3v) is 3.95. The molecule has 0 saturated carbocycles. The molecule has 140 valence electrons. The molecule has 0 spiro atoms. The van der Waals surface area contributed by atoms with Crippen molar-refractivity contribution in [2.24, 2.45) is 0 Å². The number of rotatable bonds is 6. The minimum atomic E-state index is -0.663. The molecule has 2 aromatic rings. The number of aryl methyl sites for hydroxylation is 1. The molecule has 6 nitrogen and oxygen atoms in total. The van der Waals surface area contributed by atoms with Gasteiger partial charge in [-0.2, -0.15) is 0 Å². The maximum absolute atomic E-state index is 11.8. The Labute approximate surface area is 161 Å². The molecule has 0 aliphatic heterocycles. The zero-order valence-electron chi connectivity index (χ0n) is 14.8. The summed E-state index contributed by atoms with van der Waals surface area (Å²) in [5.41, 5.74) is 2.52. The summed E-state index contributed by atoms with van der Waals surface area (Å²) in [6.45, 7) is 1.43. The second-order valence-electron chi connectivity index (χ2n) is 5.57. The largest absolute Gasteiger partial charge is 0.465 e. The van der Waals surface area contributed by atoms with Gasteiger partial charge in [0, 0.05) is 16.8 Å². The van der Waals surface area contributed by atoms with Crippen LogP contribution in [0.4, 0.5) is 5.69 Å². The van der Waals surface area contributed by atoms with Gasteiger partial charge in [-0.25, -0.2) is 9.59 Å². The molecular formula is C20H18ClNO5. The lowest BCUT2D eigenvalue weighted by Gasteiger charge is -2.07. The van der Waals surface area contributed by atoms with E-state index in [0.29, 0.717) is 21.8 Å². The highest BCUT2D eigenvalue weighted by Crippen LogP contribution is 2.19. The summed E-state index contributed by atoms with van der Waals surface area (Å²) in [6, 6.07) is 11.6. The summed E-state index contributed by atoms with van der Waals surface area (Å²) in [6.07, 6.45) is 2.71. The Morgan fingerprint density at radius 1 is 1.11 bits per heavy atom. The molecule has 27 heavy (non-hydrogen) atoms. The minimum Gasteiger partial charge on any atom is -0.465 e. The number of methoxy groups -OCH3 is 1. The number of esters is 2. The molecule has 0 aliphatic rings. The highest BCUT2D eigenvalue weighted by atomic mass is 35.5. The van der Waals surface area contributed by atoms with Crippen LogP contribution in [-0.2, 0) is 19.1 Å². The van der Waals surface area contributed by atoms with Crippen molar-refractivity contribution in [1.82, 2.24) is 0 Å². The molecule has 0 fully saturated rings. The molecule has 1 amide bonds. The van der Waals surface area contributed by atoms with Crippen molar-refractivity contribution in [3.63, 3.8) is 0 Å². The lowest BCUT2D eigenvalue weighted by atomic mass is 10.1. The maximum Gasteiger partial charge on any atom is 0.337 e. The number of halogens is 1. The van der Waals surface area contributed by atoms with E-state index < -0.39 is 24.5 Å². The van der Waals surface area contributed by atoms with Crippen LogP contribution in [0.25, 0.3) is 6.08 Å². The molecule has 0 unspecified atom stereocenters. The second kappa shape index (κ2) is 9.54. The number of amides is 1. The molecule has 0 radical (unpaired) electrons. The summed E-state index contributed by atoms with van der Waals surface area (Å²) < 4.78 is 9.49. The quantitative estimate of drug-likeness (QED) is 0.604. The zero-order valence-corrected chi connectivity index (χ0v) is 15.6. The molecule has 0 saturated heterocycles. The third-order valence-electron chi connectivity index (χ3n) is 3.54. The number of ether oxygens (including phenoxy) is 2. The SMILES string of the molecule is COC(=O)c1ccc(/C=C/C(=O)OCC(=O)Nc2ccc(C)c(Cl)c2)cc1. The predicted octanol–water partition coefficient (Wildman–Crippen LogP) is 3.63. The van der Waals surface area contributed by atoms with Crippen LogP contribution in [0.3, 0.4) is 0 Å². The molecule has 1 N–H and O–H groups in total. The Morgan fingerprint density at radius 3 is 2.44 bits per heavy atom. The fraction of sp³-hybridized carbons (Fsp3) is 0.150. The van der Waals surface area contributed by atoms with Crippen LogP contribution in [0, 0.1) is 6.92 Å². The Balaban J connectivity index is 1.82. The van der Waals surface area contributed by atoms with Crippen molar-refractivity contribution in [3.05, 3.63) is 70.3 Å². The smallest absolute Gasteiger partial charge is 0.337 e. The highest BCUT2D eigenvalue weighted by Gasteiger charge is 2.07. The van der Waals surface area contributed by atoms with Crippen LogP contribution < -0.4 is 5.32 Å². The van der Waals surface area contributed by atoms with Gasteiger partial charge in [0.15, 0.2) is 6.61 Å². The summed E-state index contributed by atoms with van der Waals surface area (Å²) in [4.78, 5) is 34.9. The van der Waals surface area contributed by atoms with E-state index in [1.54, 1.807) is 42.5 Å². The van der Waals surface area contributed by atoms with E-state index in [9.17, 15) is 14.4 Å². The van der Waals surface area contributed by atoms with Gasteiger partial charge in [0.1, 0.15) is 0 Å². The average molecular weight is 388 g/mol. The number of nitrogens with one attached hydrogen (secondary N) is 1. The molecule has 7 heteroatoms. The molecular weight excluding hydrogens is 370 g/mol. The molecule has 2 aromatic carbocycles. The van der Waals surface area contributed by atoms with Gasteiger partial charge in [-0.3, -0.25) is 4.79 Å². The third kappa shape index (κ3) is 6.27. The van der Waals surface area contributed by atoms with Crippen LogP contribution in [0.1, 0.15) is 21.5 Å². The first-order valence-corrected chi connectivity index (χ1v) is 8.36. The molecule has 0 aromatic heterocycles. The van der Waals surface area contributed by atoms with Crippen LogP contribution in [0.2, 0.25) is 5.02 Å². The number of anilines is 1. The van der Waals surface area contributed by atoms with Crippen LogP contribution in [0.15, 0.2) is 48.5 Å². The van der Waals surface area contributed by atoms with Crippen molar-refractivity contribution in [2.75, 3.05) is 19.0 Å². The molecule has 0 bridgehead atoms. The topological polar surface area (TPSA) is 81.7 Å². The number of carbonyl (C=O) groups excluding carboxylic acids is 3. The van der Waals surface area contributed by atoms with Crippen molar-refractivity contribution >= 4 is 41.2 Å². The maximum atomic E-state index is 11.8. The zero-order chi connectivity index (χ0) is 19.8. The molecule has 2 rings (SSSR count). The Bertz CT molecular complexity index is 874. The summed E-state index contributed by atoms with van der Waals surface area (Å²) in [7, 11) is 1.30. The first kappa shape index (κ1) is 20.2. The monoisotopic (exact) mass is 387 g/mol. The summed E-state index contributed by atoms with van der Waals surface area (Å²) in [5, 5.41) is 3.13. The number of hydrogen-bond donors (Lipinski definition) is 1. The van der Waals surface area contributed by atoms with Crippen molar-refractivity contribution in [3.8, 4) is 0 Å². The van der Waals surface area contributed by atoms with Gasteiger partial charge in [0.05, 0.1) is 12.7 Å². The van der Waals surface area contributed by atoms with Crippen molar-refractivity contribution in [1.29, 1.82) is 0 Å². The molecule has 0 aliphatic carbocycles. The van der Waals surface area contributed by atoms with Gasteiger partial charge in [0.25, 0.3) is 5.91 Å². The first-order valence-electron chi connectivity index (χ1n) is 7.98. The Hall–Kier alpha value is -3.12. The summed E-state index contributed by atoms with van der Waals surface area (Å²) in [5.74, 6) is -1.57. The molecule has 0 atom stereocenters. The van der Waals surface area contributed by atoms with Crippen LogP contribution in [-0.4, -0.2) is 31.6 Å². The van der Waals surface area contributed by atoms with Gasteiger partial charge in [-0.15, -0.1) is 0 Å². The minimum absolute atomic E-state index is 0.408. The van der Waals surface area contributed by atoms with Gasteiger partial charge in [-0.1, -0.05) is 29.8 Å². The standard InChI is InChI=1S/C20H18ClNO5/c1-13-3-9-16(11-17(13)21)22-18(23)12-27-19(24)10-6-14-4-7-15(8-5-14)20(25)26-2/h3-11H,12H2,1-2H3,(H,22,23)/b10-6+. The van der Waals surface area contributed by atoms with Crippen molar-refractivity contribution in [2.45, 2.75) is 6.92 Å². The highest BCUT2D eigenvalue weighted by molar-refractivity contribution is 6.31. The average Bonchev–Trinajstić information content (AvgIpc) is 2.67. The van der Waals surface area contributed by atoms with E-state index in [1.807, 2.05) is 6.92 Å². The fourth-order valence-corrected chi connectivity index (χ4v) is 2.25. The lowest BCUT2D eigenvalue weighted by Crippen LogP contribution is -2.20. The van der Waals surface area contributed by atoms with E-state index in [2.05, 4.69) is 10.1 Å². The van der Waals surface area contributed by atoms with E-state index in [1.165, 1.54) is 19.3 Å². The summed E-state index contributed by atoms with van der Waals surface area (Å²) >= 11 is 5.99. The van der Waals surface area contributed by atoms with Gasteiger partial charge in [0.2, 0.25) is 0 Å². The van der Waals surface area contributed by atoms with Crippen molar-refractivity contribution < 1.29 is 23.9 Å². The van der Waals surface area contributed by atoms with E-state index >= 15 is 0 Å². The number of carbonyl (C=O) groups is 3. The Kier molecular flexibility index (Phi) is 7.14. The predicted molar refractivity (Wildman–Crippen MR) is 103 cm³/mol. The fourth-order valence-electron chi connectivity index (χ4n) is 2.06. The van der Waals surface area contributed by atoms with Crippen LogP contribution in [0.5, 0.6) is 0 Å². The van der Waals surface area contributed by atoms with Gasteiger partial charge < -0.3 is 14.8 Å². The second-order valence-corrected chi connectivity index (χ2v) is 5.97. The van der Waals surface area contributed by atoms with Crippen LogP contribution >= 0.6 is 11.6 Å². The van der Waals surface area contributed by atoms with E-state index in [4.69, 9.17) is 16.3 Å². The van der Waals surface area contributed by atoms with E-state index in [-0.39, 0.29) is 0 Å². The van der Waals surface area contributed by atoms with E-state index in [0.717, 1.165) is 5.56 Å². The van der Waals surface area contributed by atoms with Gasteiger partial charge in [-0.05, 0) is 48.4 Å². The lowest BCUT2D eigenvalue weighted by molar-refractivity contribution is -0.142. The van der Waals surface area contributed by atoms with Gasteiger partial charge >= 0.3 is 11.9 Å². The number of hydrogen-bond acceptors (Lipinski definition) is 5.